The smallest absolute Gasteiger partial charge is 0.254 e. The average molecular weight is 532 g/mol. The number of anilines is 1. The number of carbonyl (C=O) groups is 1. The van der Waals surface area contributed by atoms with E-state index in [9.17, 15) is 13.2 Å². The van der Waals surface area contributed by atoms with E-state index in [0.717, 1.165) is 46.8 Å². The number of ether oxygens (including phenoxy) is 1. The minimum absolute atomic E-state index is 0.106. The second-order valence-corrected chi connectivity index (χ2v) is 11.8. The van der Waals surface area contributed by atoms with E-state index in [4.69, 9.17) is 4.74 Å². The molecular formula is C26H30FN3O4S2. The van der Waals surface area contributed by atoms with Crippen LogP contribution in [0.3, 0.4) is 0 Å². The molecule has 1 aliphatic rings. The number of fused-ring (bicyclic) bond motifs is 1. The molecular weight excluding hydrogens is 501 g/mol. The van der Waals surface area contributed by atoms with Crippen molar-refractivity contribution in [2.24, 2.45) is 0 Å². The zero-order valence-electron chi connectivity index (χ0n) is 20.6. The number of hydrogen-bond acceptors (Lipinski definition) is 7. The van der Waals surface area contributed by atoms with Crippen LogP contribution in [-0.2, 0) is 22.8 Å². The Balaban J connectivity index is 1.60. The molecule has 0 unspecified atom stereocenters. The minimum atomic E-state index is -3.74. The Kier molecular flexibility index (Phi) is 7.94. The number of unbranched alkanes of at least 4 members (excludes halogenated alkanes) is 1. The van der Waals surface area contributed by atoms with E-state index in [0.29, 0.717) is 25.4 Å². The number of benzene rings is 2. The summed E-state index contributed by atoms with van der Waals surface area (Å²) in [7, 11) is -3.74. The molecule has 0 saturated heterocycles. The summed E-state index contributed by atoms with van der Waals surface area (Å²) in [5.74, 6) is -0.504. The Morgan fingerprint density at radius 3 is 2.78 bits per heavy atom. The Bertz CT molecular complexity index is 1370. The molecule has 0 aliphatic carbocycles. The highest BCUT2D eigenvalue weighted by atomic mass is 32.2. The van der Waals surface area contributed by atoms with Gasteiger partial charge < -0.3 is 15.0 Å². The number of nitrogens with zero attached hydrogens (tertiary/aromatic N) is 2. The Labute approximate surface area is 215 Å². The summed E-state index contributed by atoms with van der Waals surface area (Å²) in [5, 5.41) is 4.21. The van der Waals surface area contributed by atoms with Crippen LogP contribution in [0, 0.1) is 5.82 Å². The molecule has 4 rings (SSSR count). The number of hydrogen-bond donors (Lipinski definition) is 1. The molecule has 0 radical (unpaired) electrons. The Hall–Kier alpha value is -2.98. The molecule has 10 heteroatoms. The highest BCUT2D eigenvalue weighted by Crippen LogP contribution is 2.34. The maximum absolute atomic E-state index is 15.0. The maximum atomic E-state index is 15.0. The molecule has 1 aromatic heterocycles. The van der Waals surface area contributed by atoms with Gasteiger partial charge in [-0.3, -0.25) is 4.79 Å². The fraction of sp³-hybridized carbons (Fsp3) is 0.385. The SMILES string of the molecule is CCCCNc1ncc(-c2ccc3c(c2)CN(C(=O)c2ccc(S(C)(=O)=O)c(F)c2CC)CCO3)s1. The number of halogens is 1. The number of sulfone groups is 1. The fourth-order valence-electron chi connectivity index (χ4n) is 4.18. The molecule has 0 fully saturated rings. The normalized spacial score (nSPS) is 13.6. The molecule has 3 aromatic rings. The first-order valence-corrected chi connectivity index (χ1v) is 14.7. The van der Waals surface area contributed by atoms with E-state index < -0.39 is 20.5 Å². The molecule has 192 valence electrons. The van der Waals surface area contributed by atoms with Crippen molar-refractivity contribution in [3.8, 4) is 16.2 Å². The maximum Gasteiger partial charge on any atom is 0.254 e. The van der Waals surface area contributed by atoms with Crippen LogP contribution in [0.15, 0.2) is 41.4 Å². The van der Waals surface area contributed by atoms with Gasteiger partial charge >= 0.3 is 0 Å². The third kappa shape index (κ3) is 5.54. The van der Waals surface area contributed by atoms with Crippen molar-refractivity contribution in [2.45, 2.75) is 44.6 Å². The van der Waals surface area contributed by atoms with Gasteiger partial charge in [0.2, 0.25) is 0 Å². The van der Waals surface area contributed by atoms with Crippen LogP contribution in [0.4, 0.5) is 9.52 Å². The van der Waals surface area contributed by atoms with Crippen molar-refractivity contribution < 1.29 is 22.3 Å². The van der Waals surface area contributed by atoms with Gasteiger partial charge in [-0.15, -0.1) is 0 Å². The van der Waals surface area contributed by atoms with Crippen LogP contribution >= 0.6 is 11.3 Å². The average Bonchev–Trinajstić information content (AvgIpc) is 3.21. The lowest BCUT2D eigenvalue weighted by Crippen LogP contribution is -2.33. The molecule has 2 heterocycles. The summed E-state index contributed by atoms with van der Waals surface area (Å²) < 4.78 is 44.8. The first kappa shape index (κ1) is 26.1. The van der Waals surface area contributed by atoms with E-state index in [-0.39, 0.29) is 23.5 Å². The summed E-state index contributed by atoms with van der Waals surface area (Å²) in [6.07, 6.45) is 5.18. The van der Waals surface area contributed by atoms with E-state index in [2.05, 4.69) is 17.2 Å². The van der Waals surface area contributed by atoms with Crippen molar-refractivity contribution in [3.05, 3.63) is 59.0 Å². The van der Waals surface area contributed by atoms with Crippen LogP contribution in [0.25, 0.3) is 10.4 Å². The van der Waals surface area contributed by atoms with Crippen LogP contribution in [0.2, 0.25) is 0 Å². The van der Waals surface area contributed by atoms with Crippen LogP contribution in [0.5, 0.6) is 5.75 Å². The zero-order valence-corrected chi connectivity index (χ0v) is 22.3. The Morgan fingerprint density at radius 2 is 2.06 bits per heavy atom. The van der Waals surface area contributed by atoms with Gasteiger partial charge in [0.1, 0.15) is 23.1 Å². The third-order valence-electron chi connectivity index (χ3n) is 6.12. The van der Waals surface area contributed by atoms with Gasteiger partial charge in [0.05, 0.1) is 11.4 Å². The third-order valence-corrected chi connectivity index (χ3v) is 8.23. The van der Waals surface area contributed by atoms with Crippen LogP contribution in [0.1, 0.15) is 48.2 Å². The van der Waals surface area contributed by atoms with Crippen molar-refractivity contribution in [1.82, 2.24) is 9.88 Å². The van der Waals surface area contributed by atoms with Crippen molar-refractivity contribution in [2.75, 3.05) is 31.3 Å². The van der Waals surface area contributed by atoms with Gasteiger partial charge in [-0.2, -0.15) is 0 Å². The van der Waals surface area contributed by atoms with E-state index in [1.807, 2.05) is 24.4 Å². The van der Waals surface area contributed by atoms with E-state index in [1.54, 1.807) is 23.2 Å². The van der Waals surface area contributed by atoms with Gasteiger partial charge in [0.25, 0.3) is 5.91 Å². The first-order chi connectivity index (χ1) is 17.2. The summed E-state index contributed by atoms with van der Waals surface area (Å²) in [4.78, 5) is 20.2. The highest BCUT2D eigenvalue weighted by Gasteiger charge is 2.27. The second kappa shape index (κ2) is 11.0. The van der Waals surface area contributed by atoms with Gasteiger partial charge in [-0.1, -0.05) is 31.6 Å². The van der Waals surface area contributed by atoms with E-state index >= 15 is 4.39 Å². The quantitative estimate of drug-likeness (QED) is 0.404. The molecule has 7 nitrogen and oxygen atoms in total. The van der Waals surface area contributed by atoms with Gasteiger partial charge in [0, 0.05) is 42.2 Å². The molecule has 1 aliphatic heterocycles. The number of carbonyl (C=O) groups excluding carboxylic acids is 1. The predicted octanol–water partition coefficient (Wildman–Crippen LogP) is 5.16. The first-order valence-electron chi connectivity index (χ1n) is 12.0. The Morgan fingerprint density at radius 1 is 1.25 bits per heavy atom. The second-order valence-electron chi connectivity index (χ2n) is 8.74. The lowest BCUT2D eigenvalue weighted by atomic mass is 10.0. The van der Waals surface area contributed by atoms with Crippen molar-refractivity contribution >= 4 is 32.2 Å². The lowest BCUT2D eigenvalue weighted by molar-refractivity contribution is 0.0731. The van der Waals surface area contributed by atoms with Gasteiger partial charge in [0.15, 0.2) is 15.0 Å². The van der Waals surface area contributed by atoms with Gasteiger partial charge in [-0.25, -0.2) is 17.8 Å². The van der Waals surface area contributed by atoms with Crippen LogP contribution < -0.4 is 10.1 Å². The largest absolute Gasteiger partial charge is 0.491 e. The molecule has 1 N–H and O–H groups in total. The molecule has 36 heavy (non-hydrogen) atoms. The fourth-order valence-corrected chi connectivity index (χ4v) is 5.79. The molecule has 1 amide bonds. The predicted molar refractivity (Wildman–Crippen MR) is 140 cm³/mol. The molecule has 0 bridgehead atoms. The van der Waals surface area contributed by atoms with Crippen molar-refractivity contribution in [1.29, 1.82) is 0 Å². The van der Waals surface area contributed by atoms with Crippen LogP contribution in [-0.4, -0.2) is 50.2 Å². The lowest BCUT2D eigenvalue weighted by Gasteiger charge is -2.22. The highest BCUT2D eigenvalue weighted by molar-refractivity contribution is 7.90. The summed E-state index contributed by atoms with van der Waals surface area (Å²) >= 11 is 1.57. The standard InChI is InChI=1S/C26H30FN3O4S2/c1-4-6-11-28-26-29-15-22(35-26)17-7-9-21-18(14-17)16-30(12-13-34-21)25(31)20-8-10-23(36(3,32)33)24(27)19(20)5-2/h7-10,14-15H,4-6,11-13,16H2,1-3H3,(H,28,29). The topological polar surface area (TPSA) is 88.6 Å². The van der Waals surface area contributed by atoms with Gasteiger partial charge in [-0.05, 0) is 48.7 Å². The summed E-state index contributed by atoms with van der Waals surface area (Å²) in [5.41, 5.74) is 2.10. The molecule has 2 aromatic carbocycles. The molecule has 0 saturated carbocycles. The van der Waals surface area contributed by atoms with E-state index in [1.165, 1.54) is 12.1 Å². The minimum Gasteiger partial charge on any atom is -0.491 e. The molecule has 0 atom stereocenters. The monoisotopic (exact) mass is 531 g/mol. The number of aromatic nitrogens is 1. The number of nitrogens with one attached hydrogen (secondary N) is 1. The number of amides is 1. The summed E-state index contributed by atoms with van der Waals surface area (Å²) in [6, 6.07) is 8.47. The number of thiazole rings is 1. The van der Waals surface area contributed by atoms with Crippen molar-refractivity contribution in [3.63, 3.8) is 0 Å². The molecule has 0 spiro atoms. The number of rotatable bonds is 8. The summed E-state index contributed by atoms with van der Waals surface area (Å²) in [6.45, 7) is 5.65. The zero-order chi connectivity index (χ0) is 25.9.